The first-order valence-electron chi connectivity index (χ1n) is 8.41. The molecule has 0 spiro atoms. The normalized spacial score (nSPS) is 17.2. The van der Waals surface area contributed by atoms with Crippen molar-refractivity contribution < 1.29 is 8.68 Å². The van der Waals surface area contributed by atoms with E-state index in [0.29, 0.717) is 5.71 Å². The average Bonchev–Trinajstić information content (AvgIpc) is 3.14. The van der Waals surface area contributed by atoms with Crippen molar-refractivity contribution in [2.45, 2.75) is 13.8 Å². The number of nitrogens with zero attached hydrogens (tertiary/aromatic N) is 4. The van der Waals surface area contributed by atoms with Gasteiger partial charge in [0.2, 0.25) is 11.4 Å². The lowest BCUT2D eigenvalue weighted by atomic mass is 10.2. The van der Waals surface area contributed by atoms with Gasteiger partial charge in [-0.2, -0.15) is 5.10 Å². The first-order chi connectivity index (χ1) is 12.5. The number of hydrogen-bond donors (Lipinski definition) is 2. The van der Waals surface area contributed by atoms with Crippen LogP contribution in [0.3, 0.4) is 0 Å². The first-order valence-corrected chi connectivity index (χ1v) is 9.66. The Labute approximate surface area is 153 Å². The summed E-state index contributed by atoms with van der Waals surface area (Å²) in [4.78, 5) is 0. The summed E-state index contributed by atoms with van der Waals surface area (Å²) in [6, 6.07) is 14.5. The van der Waals surface area contributed by atoms with Crippen molar-refractivity contribution in [3.05, 3.63) is 72.3 Å². The van der Waals surface area contributed by atoms with Crippen LogP contribution in [0.15, 0.2) is 60.9 Å². The lowest BCUT2D eigenvalue weighted by molar-refractivity contribution is -0.621. The average molecular weight is 364 g/mol. The molecule has 1 aliphatic rings. The van der Waals surface area contributed by atoms with Crippen LogP contribution < -0.4 is 13.8 Å². The minimum absolute atomic E-state index is 0.528. The summed E-state index contributed by atoms with van der Waals surface area (Å²) < 4.78 is 6.42. The Morgan fingerprint density at radius 1 is 1.15 bits per heavy atom. The molecule has 3 aromatic rings. The van der Waals surface area contributed by atoms with Gasteiger partial charge in [0, 0.05) is 37.0 Å². The zero-order chi connectivity index (χ0) is 18.3. The zero-order valence-corrected chi connectivity index (χ0v) is 15.9. The van der Waals surface area contributed by atoms with Gasteiger partial charge in [-0.05, 0) is 38.1 Å². The molecule has 6 nitrogen and oxygen atoms in total. The highest BCUT2D eigenvalue weighted by molar-refractivity contribution is 7.42. The molecule has 130 valence electrons. The van der Waals surface area contributed by atoms with Gasteiger partial charge in [0.05, 0.1) is 5.69 Å². The van der Waals surface area contributed by atoms with E-state index in [1.54, 1.807) is 6.92 Å². The van der Waals surface area contributed by atoms with E-state index in [4.69, 9.17) is 5.41 Å². The van der Waals surface area contributed by atoms with Crippen molar-refractivity contribution >= 4 is 19.8 Å². The van der Waals surface area contributed by atoms with E-state index >= 15 is 0 Å². The molecule has 0 amide bonds. The summed E-state index contributed by atoms with van der Waals surface area (Å²) in [5.41, 5.74) is 5.77. The molecule has 0 saturated heterocycles. The fourth-order valence-electron chi connectivity index (χ4n) is 3.17. The SMILES string of the molecule is CC(=N)/C=C1\N[P@@]([n+]2ccccc2-c2cc(C)nn2C)[n+]2ccccc21. The first kappa shape index (κ1) is 16.6. The van der Waals surface area contributed by atoms with Gasteiger partial charge in [-0.3, -0.25) is 4.68 Å². The molecule has 3 aromatic heterocycles. The van der Waals surface area contributed by atoms with E-state index in [0.717, 1.165) is 28.5 Å². The molecule has 4 heterocycles. The summed E-state index contributed by atoms with van der Waals surface area (Å²) >= 11 is 0. The maximum atomic E-state index is 7.84. The Morgan fingerprint density at radius 3 is 2.42 bits per heavy atom. The number of nitrogens with one attached hydrogen (secondary N) is 2. The second-order valence-electron chi connectivity index (χ2n) is 6.30. The number of allylic oxidation sites excluding steroid dienone is 1. The van der Waals surface area contributed by atoms with Crippen LogP contribution >= 0.6 is 8.37 Å². The summed E-state index contributed by atoms with van der Waals surface area (Å²) in [6.07, 6.45) is 6.07. The van der Waals surface area contributed by atoms with E-state index < -0.39 is 8.37 Å². The molecule has 0 aliphatic carbocycles. The Bertz CT molecular complexity index is 1040. The summed E-state index contributed by atoms with van der Waals surface area (Å²) in [5.74, 6) is 0. The molecule has 0 fully saturated rings. The molecular formula is C19H21N6P+2. The Kier molecular flexibility index (Phi) is 4.13. The zero-order valence-electron chi connectivity index (χ0n) is 15.0. The maximum Gasteiger partial charge on any atom is 0.619 e. The van der Waals surface area contributed by atoms with Crippen LogP contribution in [0.2, 0.25) is 0 Å². The number of rotatable bonds is 3. The maximum absolute atomic E-state index is 7.84. The minimum Gasteiger partial charge on any atom is -0.306 e. The fourth-order valence-corrected chi connectivity index (χ4v) is 5.14. The number of aryl methyl sites for hydroxylation is 2. The third kappa shape index (κ3) is 2.82. The Morgan fingerprint density at radius 2 is 1.81 bits per heavy atom. The number of aromatic nitrogens is 4. The molecular weight excluding hydrogens is 343 g/mol. The van der Waals surface area contributed by atoms with Crippen LogP contribution in [-0.4, -0.2) is 15.5 Å². The molecule has 0 saturated carbocycles. The van der Waals surface area contributed by atoms with Crippen LogP contribution in [0.1, 0.15) is 18.3 Å². The fraction of sp³-hybridized carbons (Fsp3) is 0.158. The number of hydrogen-bond acceptors (Lipinski definition) is 3. The van der Waals surface area contributed by atoms with Gasteiger partial charge in [0.25, 0.3) is 0 Å². The summed E-state index contributed by atoms with van der Waals surface area (Å²) in [6.45, 7) is 3.80. The molecule has 26 heavy (non-hydrogen) atoms. The highest BCUT2D eigenvalue weighted by atomic mass is 31.1. The van der Waals surface area contributed by atoms with Crippen LogP contribution in [0.5, 0.6) is 0 Å². The third-order valence-electron chi connectivity index (χ3n) is 4.21. The minimum atomic E-state index is -0.896. The van der Waals surface area contributed by atoms with Gasteiger partial charge >= 0.3 is 8.37 Å². The molecule has 0 radical (unpaired) electrons. The Hall–Kier alpha value is -2.85. The van der Waals surface area contributed by atoms with Gasteiger partial charge in [-0.25, -0.2) is 5.09 Å². The molecule has 2 N–H and O–H groups in total. The standard InChI is InChI=1S/C19H21N6P/c1-14(20)12-16-17-8-4-6-10-24(17)26(22-16)25-11-7-5-9-18(25)19-13-15(2)21-23(19)3/h4-13,20,22H,1-3H3/q+2/b16-12-,20-14?/t26-/m1/s1. The lowest BCUT2D eigenvalue weighted by Gasteiger charge is -2.04. The van der Waals surface area contributed by atoms with Crippen molar-refractivity contribution in [3.8, 4) is 11.4 Å². The third-order valence-corrected chi connectivity index (χ3v) is 6.16. The van der Waals surface area contributed by atoms with Crippen molar-refractivity contribution in [1.82, 2.24) is 14.9 Å². The molecule has 0 unspecified atom stereocenters. The van der Waals surface area contributed by atoms with Crippen LogP contribution in [0.25, 0.3) is 17.1 Å². The van der Waals surface area contributed by atoms with Gasteiger partial charge in [-0.15, -0.1) is 8.68 Å². The van der Waals surface area contributed by atoms with Gasteiger partial charge in [0.1, 0.15) is 11.4 Å². The van der Waals surface area contributed by atoms with E-state index in [1.165, 1.54) is 0 Å². The van der Waals surface area contributed by atoms with Gasteiger partial charge in [0.15, 0.2) is 12.4 Å². The summed E-state index contributed by atoms with van der Waals surface area (Å²) in [5, 5.41) is 16.0. The van der Waals surface area contributed by atoms with E-state index in [1.807, 2.05) is 42.9 Å². The molecule has 4 rings (SSSR count). The predicted octanol–water partition coefficient (Wildman–Crippen LogP) is 2.58. The van der Waals surface area contributed by atoms with Crippen molar-refractivity contribution in [3.63, 3.8) is 0 Å². The van der Waals surface area contributed by atoms with E-state index in [2.05, 4.69) is 55.5 Å². The van der Waals surface area contributed by atoms with Gasteiger partial charge in [-0.1, -0.05) is 0 Å². The molecule has 0 bridgehead atoms. The molecule has 7 heteroatoms. The second kappa shape index (κ2) is 6.46. The molecule has 1 aliphatic heterocycles. The number of pyridine rings is 2. The van der Waals surface area contributed by atoms with Crippen molar-refractivity contribution in [2.24, 2.45) is 7.05 Å². The largest absolute Gasteiger partial charge is 0.619 e. The Balaban J connectivity index is 1.88. The highest BCUT2D eigenvalue weighted by Gasteiger charge is 2.47. The smallest absolute Gasteiger partial charge is 0.306 e. The van der Waals surface area contributed by atoms with Crippen LogP contribution in [0.4, 0.5) is 0 Å². The van der Waals surface area contributed by atoms with Gasteiger partial charge < -0.3 is 5.41 Å². The molecule has 1 atom stereocenters. The number of fused-ring (bicyclic) bond motifs is 1. The van der Waals surface area contributed by atoms with Crippen molar-refractivity contribution in [2.75, 3.05) is 0 Å². The van der Waals surface area contributed by atoms with Crippen LogP contribution in [-0.2, 0) is 7.05 Å². The van der Waals surface area contributed by atoms with E-state index in [-0.39, 0.29) is 0 Å². The second-order valence-corrected chi connectivity index (χ2v) is 7.96. The monoisotopic (exact) mass is 364 g/mol. The summed E-state index contributed by atoms with van der Waals surface area (Å²) in [7, 11) is 1.08. The van der Waals surface area contributed by atoms with Crippen LogP contribution in [0, 0.1) is 12.3 Å². The highest BCUT2D eigenvalue weighted by Crippen LogP contribution is 2.34. The molecule has 0 aromatic carbocycles. The predicted molar refractivity (Wildman–Crippen MR) is 102 cm³/mol. The topological polar surface area (TPSA) is 61.5 Å². The lowest BCUT2D eigenvalue weighted by Crippen LogP contribution is -2.46. The van der Waals surface area contributed by atoms with Crippen molar-refractivity contribution in [1.29, 1.82) is 5.41 Å². The van der Waals surface area contributed by atoms with E-state index in [9.17, 15) is 0 Å². The quantitative estimate of drug-likeness (QED) is 0.554.